The normalized spacial score (nSPS) is 30.1. The lowest BCUT2D eigenvalue weighted by Gasteiger charge is -2.47. The first-order chi connectivity index (χ1) is 9.69. The molecule has 0 spiro atoms. The third kappa shape index (κ3) is 2.80. The summed E-state index contributed by atoms with van der Waals surface area (Å²) in [7, 11) is 2.30. The van der Waals surface area contributed by atoms with Gasteiger partial charge in [-0.3, -0.25) is 4.90 Å². The first-order valence-electron chi connectivity index (χ1n) is 7.89. The van der Waals surface area contributed by atoms with Crippen molar-refractivity contribution in [1.82, 2.24) is 9.80 Å². The fourth-order valence-electron chi connectivity index (χ4n) is 4.04. The zero-order chi connectivity index (χ0) is 14.1. The van der Waals surface area contributed by atoms with Crippen LogP contribution in [0.4, 0.5) is 0 Å². The second kappa shape index (κ2) is 6.14. The van der Waals surface area contributed by atoms with Crippen LogP contribution in [0.25, 0.3) is 0 Å². The number of fused-ring (bicyclic) bond motifs is 1. The molecule has 3 rings (SSSR count). The van der Waals surface area contributed by atoms with Gasteiger partial charge in [0.2, 0.25) is 0 Å². The predicted molar refractivity (Wildman–Crippen MR) is 86.2 cm³/mol. The molecule has 0 amide bonds. The molecule has 3 nitrogen and oxygen atoms in total. The van der Waals surface area contributed by atoms with Crippen LogP contribution in [-0.4, -0.2) is 49.1 Å². The van der Waals surface area contributed by atoms with Gasteiger partial charge < -0.3 is 10.6 Å². The number of nitrogens with zero attached hydrogens (tertiary/aromatic N) is 2. The summed E-state index contributed by atoms with van der Waals surface area (Å²) in [6.07, 6.45) is 4.06. The minimum Gasteiger partial charge on any atom is -0.329 e. The van der Waals surface area contributed by atoms with Gasteiger partial charge >= 0.3 is 0 Å². The Morgan fingerprint density at radius 3 is 2.90 bits per heavy atom. The van der Waals surface area contributed by atoms with Crippen LogP contribution >= 0.6 is 11.3 Å². The molecule has 112 valence electrons. The van der Waals surface area contributed by atoms with E-state index in [1.54, 1.807) is 0 Å². The Bertz CT molecular complexity index is 445. The molecule has 2 aliphatic rings. The lowest BCUT2D eigenvalue weighted by Crippen LogP contribution is -2.53. The molecule has 3 unspecified atom stereocenters. The van der Waals surface area contributed by atoms with Crippen LogP contribution in [-0.2, 0) is 0 Å². The van der Waals surface area contributed by atoms with E-state index < -0.39 is 0 Å². The molecule has 2 aliphatic heterocycles. The third-order valence-electron chi connectivity index (χ3n) is 5.13. The van der Waals surface area contributed by atoms with E-state index in [2.05, 4.69) is 35.9 Å². The van der Waals surface area contributed by atoms with Crippen LogP contribution in [0.5, 0.6) is 0 Å². The van der Waals surface area contributed by atoms with Crippen molar-refractivity contribution in [2.45, 2.75) is 38.3 Å². The maximum absolute atomic E-state index is 6.09. The van der Waals surface area contributed by atoms with Gasteiger partial charge in [0.05, 0.1) is 6.04 Å². The number of piperidine rings is 2. The van der Waals surface area contributed by atoms with E-state index in [1.165, 1.54) is 48.7 Å². The number of aryl methyl sites for hydroxylation is 1. The summed E-state index contributed by atoms with van der Waals surface area (Å²) in [5.74, 6) is 0.845. The molecule has 3 atom stereocenters. The molecule has 0 aliphatic carbocycles. The van der Waals surface area contributed by atoms with Crippen molar-refractivity contribution in [2.75, 3.05) is 33.2 Å². The number of hydrogen-bond acceptors (Lipinski definition) is 4. The van der Waals surface area contributed by atoms with E-state index in [9.17, 15) is 0 Å². The minimum absolute atomic E-state index is 0.432. The predicted octanol–water partition coefficient (Wildman–Crippen LogP) is 2.47. The molecule has 2 fully saturated rings. The van der Waals surface area contributed by atoms with Gasteiger partial charge in [-0.1, -0.05) is 0 Å². The maximum Gasteiger partial charge on any atom is 0.0564 e. The van der Waals surface area contributed by atoms with Gasteiger partial charge in [0.15, 0.2) is 0 Å². The standard InChI is InChI=1S/C16H27N3S/c1-12-5-6-16(20-12)15(10-17)19-9-7-14-13(11-19)4-3-8-18(14)2/h5-6,13-15H,3-4,7-11,17H2,1-2H3. The van der Waals surface area contributed by atoms with Gasteiger partial charge in [-0.05, 0) is 57.8 Å². The topological polar surface area (TPSA) is 32.5 Å². The summed E-state index contributed by atoms with van der Waals surface area (Å²) >= 11 is 1.91. The average Bonchev–Trinajstić information content (AvgIpc) is 2.86. The lowest BCUT2D eigenvalue weighted by molar-refractivity contribution is 0.0217. The Morgan fingerprint density at radius 1 is 1.35 bits per heavy atom. The van der Waals surface area contributed by atoms with E-state index in [4.69, 9.17) is 5.73 Å². The van der Waals surface area contributed by atoms with Crippen LogP contribution in [0, 0.1) is 12.8 Å². The van der Waals surface area contributed by atoms with Crippen molar-refractivity contribution in [2.24, 2.45) is 11.7 Å². The van der Waals surface area contributed by atoms with Gasteiger partial charge in [0.1, 0.15) is 0 Å². The van der Waals surface area contributed by atoms with E-state index in [-0.39, 0.29) is 0 Å². The van der Waals surface area contributed by atoms with Crippen LogP contribution in [0.3, 0.4) is 0 Å². The van der Waals surface area contributed by atoms with Crippen LogP contribution in [0.2, 0.25) is 0 Å². The monoisotopic (exact) mass is 293 g/mol. The van der Waals surface area contributed by atoms with Crippen molar-refractivity contribution in [3.05, 3.63) is 21.9 Å². The minimum atomic E-state index is 0.432. The molecule has 0 aromatic carbocycles. The Hall–Kier alpha value is -0.420. The zero-order valence-corrected chi connectivity index (χ0v) is 13.5. The number of likely N-dealkylation sites (tertiary alicyclic amines) is 2. The Morgan fingerprint density at radius 2 is 2.20 bits per heavy atom. The van der Waals surface area contributed by atoms with Gasteiger partial charge in [-0.15, -0.1) is 11.3 Å². The quantitative estimate of drug-likeness (QED) is 0.929. The van der Waals surface area contributed by atoms with Crippen molar-refractivity contribution >= 4 is 11.3 Å². The first kappa shape index (κ1) is 14.5. The van der Waals surface area contributed by atoms with E-state index >= 15 is 0 Å². The molecule has 0 radical (unpaired) electrons. The summed E-state index contributed by atoms with van der Waals surface area (Å²) in [6.45, 7) is 6.64. The van der Waals surface area contributed by atoms with Gasteiger partial charge in [0, 0.05) is 35.4 Å². The summed E-state index contributed by atoms with van der Waals surface area (Å²) < 4.78 is 0. The summed E-state index contributed by atoms with van der Waals surface area (Å²) in [5, 5.41) is 0. The second-order valence-corrected chi connectivity index (χ2v) is 7.75. The van der Waals surface area contributed by atoms with Crippen LogP contribution in [0.1, 0.15) is 35.1 Å². The highest BCUT2D eigenvalue weighted by molar-refractivity contribution is 7.12. The zero-order valence-electron chi connectivity index (χ0n) is 12.7. The van der Waals surface area contributed by atoms with Crippen molar-refractivity contribution in [3.8, 4) is 0 Å². The number of rotatable bonds is 3. The fraction of sp³-hybridized carbons (Fsp3) is 0.750. The SMILES string of the molecule is Cc1ccc(C(CN)N2CCC3C(CCCN3C)C2)s1. The van der Waals surface area contributed by atoms with Crippen molar-refractivity contribution in [3.63, 3.8) is 0 Å². The van der Waals surface area contributed by atoms with E-state index in [0.29, 0.717) is 6.04 Å². The lowest BCUT2D eigenvalue weighted by atomic mass is 9.83. The Balaban J connectivity index is 1.71. The molecule has 2 saturated heterocycles. The van der Waals surface area contributed by atoms with Gasteiger partial charge in [0.25, 0.3) is 0 Å². The molecule has 2 N–H and O–H groups in total. The highest BCUT2D eigenvalue weighted by Crippen LogP contribution is 2.35. The molecule has 3 heterocycles. The molecule has 0 bridgehead atoms. The molecule has 0 saturated carbocycles. The summed E-state index contributed by atoms with van der Waals surface area (Å²) in [6, 6.07) is 5.74. The second-order valence-electron chi connectivity index (χ2n) is 6.43. The van der Waals surface area contributed by atoms with Crippen LogP contribution in [0.15, 0.2) is 12.1 Å². The Labute approximate surface area is 126 Å². The molecule has 4 heteroatoms. The van der Waals surface area contributed by atoms with Crippen molar-refractivity contribution in [1.29, 1.82) is 0 Å². The van der Waals surface area contributed by atoms with E-state index in [0.717, 1.165) is 18.5 Å². The Kier molecular flexibility index (Phi) is 4.46. The highest BCUT2D eigenvalue weighted by atomic mass is 32.1. The number of thiophene rings is 1. The molecule has 1 aromatic rings. The number of nitrogens with two attached hydrogens (primary N) is 1. The highest BCUT2D eigenvalue weighted by Gasteiger charge is 2.36. The molecule has 1 aromatic heterocycles. The van der Waals surface area contributed by atoms with Crippen molar-refractivity contribution < 1.29 is 0 Å². The maximum atomic E-state index is 6.09. The third-order valence-corrected chi connectivity index (χ3v) is 6.23. The largest absolute Gasteiger partial charge is 0.329 e. The van der Waals surface area contributed by atoms with E-state index in [1.807, 2.05) is 11.3 Å². The van der Waals surface area contributed by atoms with Gasteiger partial charge in [-0.25, -0.2) is 0 Å². The van der Waals surface area contributed by atoms with Gasteiger partial charge in [-0.2, -0.15) is 0 Å². The first-order valence-corrected chi connectivity index (χ1v) is 8.71. The average molecular weight is 293 g/mol. The summed E-state index contributed by atoms with van der Waals surface area (Å²) in [5.41, 5.74) is 6.09. The molecular weight excluding hydrogens is 266 g/mol. The number of hydrogen-bond donors (Lipinski definition) is 1. The molecule has 20 heavy (non-hydrogen) atoms. The molecular formula is C16H27N3S. The smallest absolute Gasteiger partial charge is 0.0564 e. The summed E-state index contributed by atoms with van der Waals surface area (Å²) in [4.78, 5) is 8.07. The fourth-order valence-corrected chi connectivity index (χ4v) is 5.07. The van der Waals surface area contributed by atoms with Crippen LogP contribution < -0.4 is 5.73 Å².